The van der Waals surface area contributed by atoms with E-state index < -0.39 is 11.1 Å². The summed E-state index contributed by atoms with van der Waals surface area (Å²) in [6.45, 7) is 2.68. The van der Waals surface area contributed by atoms with Gasteiger partial charge in [-0.2, -0.15) is 0 Å². The Balaban J connectivity index is 1.47. The van der Waals surface area contributed by atoms with Crippen molar-refractivity contribution in [3.8, 4) is 11.5 Å². The quantitative estimate of drug-likeness (QED) is 0.520. The highest BCUT2D eigenvalue weighted by Crippen LogP contribution is 2.37. The number of nitrogens with zero attached hydrogens (tertiary/aromatic N) is 2. The Morgan fingerprint density at radius 3 is 2.49 bits per heavy atom. The molecular formula is C27H29N3O6S. The van der Waals surface area contributed by atoms with Crippen molar-refractivity contribution >= 4 is 46.5 Å². The van der Waals surface area contributed by atoms with Gasteiger partial charge in [-0.05, 0) is 62.2 Å². The molecule has 1 N–H and O–H groups in total. The molecule has 0 spiro atoms. The highest BCUT2D eigenvalue weighted by molar-refractivity contribution is 8.18. The van der Waals surface area contributed by atoms with Gasteiger partial charge in [0.15, 0.2) is 18.1 Å². The fourth-order valence-electron chi connectivity index (χ4n) is 4.09. The molecule has 2 aliphatic rings. The summed E-state index contributed by atoms with van der Waals surface area (Å²) in [5.74, 6) is -0.492. The van der Waals surface area contributed by atoms with E-state index in [0.717, 1.165) is 41.5 Å². The summed E-state index contributed by atoms with van der Waals surface area (Å²) < 4.78 is 11.2. The number of aryl methyl sites for hydroxylation is 1. The van der Waals surface area contributed by atoms with Gasteiger partial charge >= 0.3 is 0 Å². The number of methoxy groups -OCH3 is 1. The predicted octanol–water partition coefficient (Wildman–Crippen LogP) is 4.07. The van der Waals surface area contributed by atoms with Crippen molar-refractivity contribution in [3.05, 3.63) is 58.5 Å². The Morgan fingerprint density at radius 1 is 1.05 bits per heavy atom. The first-order valence-corrected chi connectivity index (χ1v) is 12.9. The monoisotopic (exact) mass is 523 g/mol. The van der Waals surface area contributed by atoms with Crippen molar-refractivity contribution in [2.45, 2.75) is 26.2 Å². The molecule has 194 valence electrons. The number of anilines is 1. The molecule has 0 atom stereocenters. The van der Waals surface area contributed by atoms with Gasteiger partial charge < -0.3 is 19.7 Å². The predicted molar refractivity (Wildman–Crippen MR) is 141 cm³/mol. The van der Waals surface area contributed by atoms with E-state index in [-0.39, 0.29) is 35.6 Å². The zero-order valence-electron chi connectivity index (χ0n) is 20.8. The Morgan fingerprint density at radius 2 is 1.78 bits per heavy atom. The number of thioether (sulfide) groups is 1. The van der Waals surface area contributed by atoms with E-state index in [1.54, 1.807) is 35.2 Å². The van der Waals surface area contributed by atoms with E-state index in [9.17, 15) is 19.2 Å². The minimum atomic E-state index is -0.536. The lowest BCUT2D eigenvalue weighted by Gasteiger charge is -2.27. The smallest absolute Gasteiger partial charge is 0.294 e. The summed E-state index contributed by atoms with van der Waals surface area (Å²) in [6.07, 6.45) is 4.45. The average Bonchev–Trinajstić information content (AvgIpc) is 3.16. The van der Waals surface area contributed by atoms with Gasteiger partial charge in [0.25, 0.3) is 17.1 Å². The van der Waals surface area contributed by atoms with Gasteiger partial charge in [0.2, 0.25) is 5.91 Å². The van der Waals surface area contributed by atoms with Crippen molar-refractivity contribution < 1.29 is 28.7 Å². The number of amides is 4. The molecule has 0 unspecified atom stereocenters. The molecule has 10 heteroatoms. The number of piperidine rings is 1. The molecule has 2 aromatic carbocycles. The number of para-hydroxylation sites is 1. The summed E-state index contributed by atoms with van der Waals surface area (Å²) >= 11 is 0.767. The van der Waals surface area contributed by atoms with Gasteiger partial charge in [-0.1, -0.05) is 29.8 Å². The summed E-state index contributed by atoms with van der Waals surface area (Å²) in [7, 11) is 1.47. The number of hydrogen-bond donors (Lipinski definition) is 1. The molecule has 9 nitrogen and oxygen atoms in total. The molecule has 2 aliphatic heterocycles. The Labute approximate surface area is 219 Å². The summed E-state index contributed by atoms with van der Waals surface area (Å²) in [5, 5.41) is 2.27. The number of carbonyl (C=O) groups excluding carboxylic acids is 4. The first-order chi connectivity index (χ1) is 17.9. The van der Waals surface area contributed by atoms with Gasteiger partial charge in [0.1, 0.15) is 6.54 Å². The number of ether oxygens (including phenoxy) is 2. The molecule has 4 rings (SSSR count). The summed E-state index contributed by atoms with van der Waals surface area (Å²) in [6, 6.07) is 12.5. The minimum absolute atomic E-state index is 0.165. The Kier molecular flexibility index (Phi) is 8.50. The summed E-state index contributed by atoms with van der Waals surface area (Å²) in [4.78, 5) is 53.5. The van der Waals surface area contributed by atoms with Gasteiger partial charge in [0.05, 0.1) is 12.0 Å². The van der Waals surface area contributed by atoms with Crippen LogP contribution in [0.4, 0.5) is 10.5 Å². The van der Waals surface area contributed by atoms with Crippen LogP contribution >= 0.6 is 11.8 Å². The molecule has 0 aliphatic carbocycles. The molecule has 2 saturated heterocycles. The van der Waals surface area contributed by atoms with Crippen LogP contribution < -0.4 is 14.8 Å². The number of carbonyl (C=O) groups is 4. The maximum atomic E-state index is 13.0. The standard InChI is InChI=1S/C27H29N3O6S/c1-18-9-11-20(12-10-18)28-23(31)17-36-25-19(7-6-8-21(25)35-2)15-22-26(33)30(27(34)37-22)16-24(32)29-13-4-3-5-14-29/h6-12,15H,3-5,13-14,16-17H2,1-2H3,(H,28,31)/b22-15-. The van der Waals surface area contributed by atoms with Gasteiger partial charge in [0, 0.05) is 24.3 Å². The van der Waals surface area contributed by atoms with Crippen molar-refractivity contribution in [2.75, 3.05) is 38.7 Å². The molecule has 2 aromatic rings. The van der Waals surface area contributed by atoms with E-state index >= 15 is 0 Å². The van der Waals surface area contributed by atoms with Gasteiger partial charge in [-0.15, -0.1) is 0 Å². The molecule has 2 heterocycles. The number of rotatable bonds is 8. The van der Waals surface area contributed by atoms with Crippen LogP contribution in [0.3, 0.4) is 0 Å². The minimum Gasteiger partial charge on any atom is -0.493 e. The lowest BCUT2D eigenvalue weighted by molar-refractivity contribution is -0.136. The van der Waals surface area contributed by atoms with E-state index in [1.165, 1.54) is 13.2 Å². The highest BCUT2D eigenvalue weighted by atomic mass is 32.2. The molecule has 37 heavy (non-hydrogen) atoms. The number of likely N-dealkylation sites (tertiary alicyclic amines) is 1. The third-order valence-corrected chi connectivity index (χ3v) is 6.98. The molecule has 0 bridgehead atoms. The molecular weight excluding hydrogens is 494 g/mol. The zero-order valence-corrected chi connectivity index (χ0v) is 21.6. The van der Waals surface area contributed by atoms with Crippen molar-refractivity contribution in [1.29, 1.82) is 0 Å². The van der Waals surface area contributed by atoms with Gasteiger partial charge in [-0.25, -0.2) is 0 Å². The van der Waals surface area contributed by atoms with Crippen LogP contribution in [0.5, 0.6) is 11.5 Å². The third kappa shape index (κ3) is 6.51. The number of nitrogens with one attached hydrogen (secondary N) is 1. The van der Waals surface area contributed by atoms with Crippen LogP contribution in [0.2, 0.25) is 0 Å². The maximum absolute atomic E-state index is 13.0. The van der Waals surface area contributed by atoms with Crippen LogP contribution in [0.15, 0.2) is 47.4 Å². The van der Waals surface area contributed by atoms with Crippen molar-refractivity contribution in [1.82, 2.24) is 9.80 Å². The van der Waals surface area contributed by atoms with E-state index in [1.807, 2.05) is 19.1 Å². The second-order valence-electron chi connectivity index (χ2n) is 8.79. The first-order valence-electron chi connectivity index (χ1n) is 12.0. The Bertz CT molecular complexity index is 1220. The SMILES string of the molecule is COc1cccc(/C=C2\SC(=O)N(CC(=O)N3CCCCC3)C2=O)c1OCC(=O)Nc1ccc(C)cc1. The highest BCUT2D eigenvalue weighted by Gasteiger charge is 2.37. The fraction of sp³-hybridized carbons (Fsp3) is 0.333. The van der Waals surface area contributed by atoms with E-state index in [4.69, 9.17) is 9.47 Å². The second-order valence-corrected chi connectivity index (χ2v) is 9.78. The first kappa shape index (κ1) is 26.3. The molecule has 0 aromatic heterocycles. The molecule has 0 radical (unpaired) electrons. The van der Waals surface area contributed by atoms with Crippen molar-refractivity contribution in [2.24, 2.45) is 0 Å². The number of hydrogen-bond acceptors (Lipinski definition) is 7. The van der Waals surface area contributed by atoms with E-state index in [0.29, 0.717) is 30.1 Å². The fourth-order valence-corrected chi connectivity index (χ4v) is 4.92. The lowest BCUT2D eigenvalue weighted by Crippen LogP contribution is -2.44. The van der Waals surface area contributed by atoms with Crippen LogP contribution in [0, 0.1) is 6.92 Å². The molecule has 0 saturated carbocycles. The number of imide groups is 1. The van der Waals surface area contributed by atoms with Crippen molar-refractivity contribution in [3.63, 3.8) is 0 Å². The molecule has 2 fully saturated rings. The third-order valence-electron chi connectivity index (χ3n) is 6.07. The molecule has 4 amide bonds. The second kappa shape index (κ2) is 12.0. The van der Waals surface area contributed by atoms with Crippen LogP contribution in [0.25, 0.3) is 6.08 Å². The van der Waals surface area contributed by atoms with Crippen LogP contribution in [-0.4, -0.2) is 66.1 Å². The Hall–Kier alpha value is -3.79. The zero-order chi connectivity index (χ0) is 26.4. The van der Waals surface area contributed by atoms with Crippen LogP contribution in [0.1, 0.15) is 30.4 Å². The van der Waals surface area contributed by atoms with Gasteiger partial charge in [-0.3, -0.25) is 24.1 Å². The van der Waals surface area contributed by atoms with E-state index in [2.05, 4.69) is 5.32 Å². The number of benzene rings is 2. The lowest BCUT2D eigenvalue weighted by atomic mass is 10.1. The van der Waals surface area contributed by atoms with Crippen LogP contribution in [-0.2, 0) is 14.4 Å². The average molecular weight is 524 g/mol. The largest absolute Gasteiger partial charge is 0.493 e. The normalized spacial score (nSPS) is 16.8. The summed E-state index contributed by atoms with van der Waals surface area (Å²) in [5.41, 5.74) is 2.19. The maximum Gasteiger partial charge on any atom is 0.294 e. The topological polar surface area (TPSA) is 105 Å².